The number of anilines is 1. The fourth-order valence-corrected chi connectivity index (χ4v) is 2.33. The molecule has 1 rings (SSSR count). The number of carboxylic acid groups (broad SMARTS) is 1. The number of carboxylic acids is 1. The molecule has 0 fully saturated rings. The van der Waals surface area contributed by atoms with Gasteiger partial charge in [0.05, 0.1) is 11.3 Å². The number of sulfone groups is 1. The zero-order valence-electron chi connectivity index (χ0n) is 8.40. The predicted octanol–water partition coefficient (Wildman–Crippen LogP) is 1.17. The van der Waals surface area contributed by atoms with Gasteiger partial charge in [0.15, 0.2) is 9.84 Å². The average molecular weight is 264 g/mol. The third-order valence-corrected chi connectivity index (χ3v) is 3.05. The van der Waals surface area contributed by atoms with Crippen molar-refractivity contribution < 1.29 is 18.3 Å². The summed E-state index contributed by atoms with van der Waals surface area (Å²) in [5, 5.41) is 8.84. The van der Waals surface area contributed by atoms with E-state index in [0.717, 1.165) is 12.3 Å². The van der Waals surface area contributed by atoms with Gasteiger partial charge < -0.3 is 10.8 Å². The third kappa shape index (κ3) is 3.11. The third-order valence-electron chi connectivity index (χ3n) is 1.87. The molecule has 0 radical (unpaired) electrons. The molecule has 0 saturated heterocycles. The van der Waals surface area contributed by atoms with Gasteiger partial charge in [-0.1, -0.05) is 11.6 Å². The Balaban J connectivity index is 3.26. The molecule has 0 unspecified atom stereocenters. The van der Waals surface area contributed by atoms with Gasteiger partial charge in [-0.3, -0.25) is 0 Å². The predicted molar refractivity (Wildman–Crippen MR) is 61.4 cm³/mol. The largest absolute Gasteiger partial charge is 0.478 e. The molecule has 1 aromatic rings. The molecule has 0 aliphatic rings. The second kappa shape index (κ2) is 4.31. The Labute approximate surface area is 97.8 Å². The van der Waals surface area contributed by atoms with Crippen LogP contribution >= 0.6 is 11.6 Å². The van der Waals surface area contributed by atoms with Gasteiger partial charge in [0.1, 0.15) is 0 Å². The number of hydrogen-bond donors (Lipinski definition) is 2. The van der Waals surface area contributed by atoms with Crippen LogP contribution in [0.15, 0.2) is 12.1 Å². The summed E-state index contributed by atoms with van der Waals surface area (Å²) in [4.78, 5) is 10.7. The van der Waals surface area contributed by atoms with Crippen LogP contribution in [0.1, 0.15) is 15.9 Å². The quantitative estimate of drug-likeness (QED) is 0.798. The standard InChI is InChI=1S/C9H10ClNO4S/c1-16(14,15)4-5-2-8(11)6(9(12)13)3-7(5)10/h2-3H,4,11H2,1H3,(H,12,13). The number of benzene rings is 1. The Hall–Kier alpha value is -1.27. The van der Waals surface area contributed by atoms with Gasteiger partial charge in [-0.15, -0.1) is 0 Å². The SMILES string of the molecule is CS(=O)(=O)Cc1cc(N)c(C(=O)O)cc1Cl. The molecule has 0 aromatic heterocycles. The zero-order valence-corrected chi connectivity index (χ0v) is 9.97. The van der Waals surface area contributed by atoms with Crippen molar-refractivity contribution in [2.75, 3.05) is 12.0 Å². The number of nitrogen functional groups attached to an aromatic ring is 1. The molecule has 0 spiro atoms. The van der Waals surface area contributed by atoms with E-state index in [-0.39, 0.29) is 22.0 Å². The van der Waals surface area contributed by atoms with E-state index in [9.17, 15) is 13.2 Å². The van der Waals surface area contributed by atoms with E-state index in [4.69, 9.17) is 22.4 Å². The van der Waals surface area contributed by atoms with Crippen LogP contribution in [0, 0.1) is 0 Å². The smallest absolute Gasteiger partial charge is 0.337 e. The van der Waals surface area contributed by atoms with Crippen molar-refractivity contribution in [2.45, 2.75) is 5.75 Å². The molecule has 5 nitrogen and oxygen atoms in total. The Morgan fingerprint density at radius 1 is 1.50 bits per heavy atom. The highest BCUT2D eigenvalue weighted by Crippen LogP contribution is 2.25. The van der Waals surface area contributed by atoms with Gasteiger partial charge in [0.25, 0.3) is 0 Å². The summed E-state index contributed by atoms with van der Waals surface area (Å²) in [5.41, 5.74) is 5.63. The van der Waals surface area contributed by atoms with E-state index in [2.05, 4.69) is 0 Å². The second-order valence-electron chi connectivity index (χ2n) is 3.41. The number of nitrogens with two attached hydrogens (primary N) is 1. The van der Waals surface area contributed by atoms with E-state index in [0.29, 0.717) is 5.56 Å². The van der Waals surface area contributed by atoms with E-state index < -0.39 is 15.8 Å². The molecule has 7 heteroatoms. The van der Waals surface area contributed by atoms with Gasteiger partial charge in [-0.05, 0) is 17.7 Å². The summed E-state index contributed by atoms with van der Waals surface area (Å²) < 4.78 is 22.1. The number of rotatable bonds is 3. The van der Waals surface area contributed by atoms with Crippen LogP contribution in [0.4, 0.5) is 5.69 Å². The van der Waals surface area contributed by atoms with Gasteiger partial charge >= 0.3 is 5.97 Å². The van der Waals surface area contributed by atoms with Crippen molar-refractivity contribution in [3.8, 4) is 0 Å². The molecule has 88 valence electrons. The first-order chi connectivity index (χ1) is 7.20. The van der Waals surface area contributed by atoms with Gasteiger partial charge in [0.2, 0.25) is 0 Å². The Bertz CT molecular complexity index is 539. The first-order valence-electron chi connectivity index (χ1n) is 4.19. The van der Waals surface area contributed by atoms with Crippen molar-refractivity contribution in [2.24, 2.45) is 0 Å². The molecular formula is C9H10ClNO4S. The topological polar surface area (TPSA) is 97.5 Å². The highest BCUT2D eigenvalue weighted by atomic mass is 35.5. The fourth-order valence-electron chi connectivity index (χ4n) is 1.22. The molecule has 0 atom stereocenters. The molecule has 0 aliphatic carbocycles. The minimum Gasteiger partial charge on any atom is -0.478 e. The van der Waals surface area contributed by atoms with Gasteiger partial charge in [-0.25, -0.2) is 13.2 Å². The van der Waals surface area contributed by atoms with Gasteiger partial charge in [-0.2, -0.15) is 0 Å². The van der Waals surface area contributed by atoms with Crippen molar-refractivity contribution in [1.29, 1.82) is 0 Å². The van der Waals surface area contributed by atoms with Gasteiger partial charge in [0, 0.05) is 17.0 Å². The molecular weight excluding hydrogens is 254 g/mol. The summed E-state index contributed by atoms with van der Waals surface area (Å²) >= 11 is 5.77. The normalized spacial score (nSPS) is 11.4. The van der Waals surface area contributed by atoms with Crippen LogP contribution in [0.5, 0.6) is 0 Å². The monoisotopic (exact) mass is 263 g/mol. The van der Waals surface area contributed by atoms with Crippen LogP contribution in [0.3, 0.4) is 0 Å². The zero-order chi connectivity index (χ0) is 12.5. The summed E-state index contributed by atoms with van der Waals surface area (Å²) in [6.45, 7) is 0. The lowest BCUT2D eigenvalue weighted by atomic mass is 10.1. The van der Waals surface area contributed by atoms with E-state index in [1.807, 2.05) is 0 Å². The van der Waals surface area contributed by atoms with Crippen LogP contribution in [0.2, 0.25) is 5.02 Å². The molecule has 0 heterocycles. The van der Waals surface area contributed by atoms with Crippen molar-refractivity contribution >= 4 is 33.1 Å². The highest BCUT2D eigenvalue weighted by Gasteiger charge is 2.14. The summed E-state index contributed by atoms with van der Waals surface area (Å²) in [5.74, 6) is -1.47. The van der Waals surface area contributed by atoms with Crippen LogP contribution in [-0.4, -0.2) is 25.7 Å². The first kappa shape index (κ1) is 12.8. The summed E-state index contributed by atoms with van der Waals surface area (Å²) in [6, 6.07) is 2.42. The lowest BCUT2D eigenvalue weighted by Crippen LogP contribution is -2.06. The van der Waals surface area contributed by atoms with Crippen molar-refractivity contribution in [3.63, 3.8) is 0 Å². The molecule has 0 bridgehead atoms. The van der Waals surface area contributed by atoms with Crippen LogP contribution in [0.25, 0.3) is 0 Å². The maximum absolute atomic E-state index is 11.1. The first-order valence-corrected chi connectivity index (χ1v) is 6.63. The van der Waals surface area contributed by atoms with Crippen LogP contribution in [-0.2, 0) is 15.6 Å². The summed E-state index contributed by atoms with van der Waals surface area (Å²) in [7, 11) is -3.24. The molecule has 0 aliphatic heterocycles. The Morgan fingerprint density at radius 3 is 2.50 bits per heavy atom. The molecule has 3 N–H and O–H groups in total. The maximum Gasteiger partial charge on any atom is 0.337 e. The number of hydrogen-bond acceptors (Lipinski definition) is 4. The minimum absolute atomic E-state index is 0.00412. The molecule has 0 amide bonds. The highest BCUT2D eigenvalue weighted by molar-refractivity contribution is 7.89. The maximum atomic E-state index is 11.1. The number of aromatic carboxylic acids is 1. The number of carbonyl (C=O) groups is 1. The molecule has 16 heavy (non-hydrogen) atoms. The lowest BCUT2D eigenvalue weighted by molar-refractivity contribution is 0.0698. The van der Waals surface area contributed by atoms with E-state index >= 15 is 0 Å². The van der Waals surface area contributed by atoms with Crippen molar-refractivity contribution in [1.82, 2.24) is 0 Å². The lowest BCUT2D eigenvalue weighted by Gasteiger charge is -2.07. The van der Waals surface area contributed by atoms with E-state index in [1.165, 1.54) is 6.07 Å². The average Bonchev–Trinajstić information content (AvgIpc) is 2.07. The number of halogens is 1. The fraction of sp³-hybridized carbons (Fsp3) is 0.222. The summed E-state index contributed by atoms with van der Waals surface area (Å²) in [6.07, 6.45) is 1.06. The Kier molecular flexibility index (Phi) is 3.44. The Morgan fingerprint density at radius 2 is 2.06 bits per heavy atom. The van der Waals surface area contributed by atoms with E-state index in [1.54, 1.807) is 0 Å². The van der Waals surface area contributed by atoms with Crippen LogP contribution < -0.4 is 5.73 Å². The van der Waals surface area contributed by atoms with Crippen molar-refractivity contribution in [3.05, 3.63) is 28.3 Å². The second-order valence-corrected chi connectivity index (χ2v) is 5.95. The minimum atomic E-state index is -3.24. The molecule has 1 aromatic carbocycles. The molecule has 0 saturated carbocycles.